The minimum Gasteiger partial charge on any atom is -0.307 e. The van der Waals surface area contributed by atoms with E-state index in [0.717, 1.165) is 44.6 Å². The molecule has 8 aromatic carbocycles. The SMILES string of the molecule is CC1(C)c2ccccc2-c2cc3c4ccccc4n(-c4ccc(-c5nc(-c6ccccc6)nc(-c6ccccc6)n5)cc4-n4c5ccccc5c5ccccc54)c3cc21. The van der Waals surface area contributed by atoms with Crippen LogP contribution in [0.5, 0.6) is 0 Å². The van der Waals surface area contributed by atoms with Crippen molar-refractivity contribution in [3.63, 3.8) is 0 Å². The van der Waals surface area contributed by atoms with E-state index in [1.807, 2.05) is 36.4 Å². The molecule has 5 nitrogen and oxygen atoms in total. The smallest absolute Gasteiger partial charge is 0.164 e. The first-order valence-electron chi connectivity index (χ1n) is 20.2. The topological polar surface area (TPSA) is 48.5 Å². The van der Waals surface area contributed by atoms with Crippen LogP contribution < -0.4 is 0 Å². The van der Waals surface area contributed by atoms with Gasteiger partial charge in [0.1, 0.15) is 0 Å². The Kier molecular flexibility index (Phi) is 7.20. The molecule has 278 valence electrons. The van der Waals surface area contributed by atoms with Crippen molar-refractivity contribution in [3.05, 3.63) is 199 Å². The second kappa shape index (κ2) is 12.7. The zero-order valence-corrected chi connectivity index (χ0v) is 32.6. The first-order chi connectivity index (χ1) is 29.0. The average Bonchev–Trinajstić information content (AvgIpc) is 3.88. The molecule has 3 heterocycles. The van der Waals surface area contributed by atoms with Gasteiger partial charge in [-0.2, -0.15) is 0 Å². The van der Waals surface area contributed by atoms with Crippen LogP contribution in [0.3, 0.4) is 0 Å². The van der Waals surface area contributed by atoms with Crippen LogP contribution in [0.25, 0.3) is 100 Å². The van der Waals surface area contributed by atoms with Crippen molar-refractivity contribution in [2.24, 2.45) is 0 Å². The monoisotopic (exact) mass is 755 g/mol. The molecule has 1 aliphatic rings. The molecule has 0 aliphatic heterocycles. The molecule has 0 saturated heterocycles. The Morgan fingerprint density at radius 3 is 1.41 bits per heavy atom. The van der Waals surface area contributed by atoms with Crippen LogP contribution in [0, 0.1) is 0 Å². The maximum Gasteiger partial charge on any atom is 0.164 e. The third-order valence-corrected chi connectivity index (χ3v) is 12.4. The lowest BCUT2D eigenvalue weighted by Gasteiger charge is -2.22. The number of hydrogen-bond donors (Lipinski definition) is 0. The second-order valence-corrected chi connectivity index (χ2v) is 16.0. The average molecular weight is 756 g/mol. The summed E-state index contributed by atoms with van der Waals surface area (Å²) in [7, 11) is 0. The summed E-state index contributed by atoms with van der Waals surface area (Å²) in [6.45, 7) is 4.72. The number of rotatable bonds is 5. The van der Waals surface area contributed by atoms with Gasteiger partial charge >= 0.3 is 0 Å². The van der Waals surface area contributed by atoms with Crippen molar-refractivity contribution >= 4 is 43.6 Å². The maximum absolute atomic E-state index is 5.18. The fourth-order valence-electron chi connectivity index (χ4n) is 9.57. The summed E-state index contributed by atoms with van der Waals surface area (Å²) in [6.07, 6.45) is 0. The number of para-hydroxylation sites is 3. The van der Waals surface area contributed by atoms with Crippen molar-refractivity contribution in [3.8, 4) is 56.7 Å². The highest BCUT2D eigenvalue weighted by atomic mass is 15.1. The van der Waals surface area contributed by atoms with E-state index in [4.69, 9.17) is 15.0 Å². The van der Waals surface area contributed by atoms with Crippen molar-refractivity contribution < 1.29 is 0 Å². The molecule has 0 fully saturated rings. The molecule has 1 aliphatic carbocycles. The molecule has 59 heavy (non-hydrogen) atoms. The lowest BCUT2D eigenvalue weighted by molar-refractivity contribution is 0.661. The van der Waals surface area contributed by atoms with Crippen LogP contribution in [0.15, 0.2) is 188 Å². The normalized spacial score (nSPS) is 13.1. The highest BCUT2D eigenvalue weighted by molar-refractivity contribution is 6.13. The fraction of sp³-hybridized carbons (Fsp3) is 0.0556. The van der Waals surface area contributed by atoms with Gasteiger partial charge in [0, 0.05) is 43.7 Å². The summed E-state index contributed by atoms with van der Waals surface area (Å²) in [5.74, 6) is 1.89. The van der Waals surface area contributed by atoms with E-state index < -0.39 is 0 Å². The number of nitrogens with zero attached hydrogens (tertiary/aromatic N) is 5. The predicted octanol–water partition coefficient (Wildman–Crippen LogP) is 13.4. The van der Waals surface area contributed by atoms with Gasteiger partial charge in [0.05, 0.1) is 33.4 Å². The summed E-state index contributed by atoms with van der Waals surface area (Å²) in [5.41, 5.74) is 14.7. The summed E-state index contributed by atoms with van der Waals surface area (Å²) in [5, 5.41) is 4.87. The maximum atomic E-state index is 5.18. The Labute approximate surface area is 341 Å². The molecule has 0 atom stereocenters. The van der Waals surface area contributed by atoms with Crippen molar-refractivity contribution in [1.29, 1.82) is 0 Å². The van der Waals surface area contributed by atoms with Crippen LogP contribution in [0.1, 0.15) is 25.0 Å². The van der Waals surface area contributed by atoms with Gasteiger partial charge in [0.2, 0.25) is 0 Å². The summed E-state index contributed by atoms with van der Waals surface area (Å²) in [6, 6.07) is 67.1. The van der Waals surface area contributed by atoms with E-state index >= 15 is 0 Å². The van der Waals surface area contributed by atoms with Gasteiger partial charge < -0.3 is 9.13 Å². The first-order valence-corrected chi connectivity index (χ1v) is 20.2. The predicted molar refractivity (Wildman–Crippen MR) is 242 cm³/mol. The lowest BCUT2D eigenvalue weighted by atomic mass is 9.82. The van der Waals surface area contributed by atoms with Crippen molar-refractivity contribution in [2.45, 2.75) is 19.3 Å². The Morgan fingerprint density at radius 2 is 0.814 bits per heavy atom. The molecule has 0 unspecified atom stereocenters. The Morgan fingerprint density at radius 1 is 0.339 bits per heavy atom. The van der Waals surface area contributed by atoms with E-state index in [9.17, 15) is 0 Å². The lowest BCUT2D eigenvalue weighted by Crippen LogP contribution is -2.15. The molecule has 0 bridgehead atoms. The minimum atomic E-state index is -0.146. The Bertz CT molecular complexity index is 3350. The number of aromatic nitrogens is 5. The fourth-order valence-corrected chi connectivity index (χ4v) is 9.57. The van der Waals surface area contributed by atoms with Crippen LogP contribution >= 0.6 is 0 Å². The highest BCUT2D eigenvalue weighted by Gasteiger charge is 2.36. The van der Waals surface area contributed by atoms with E-state index in [1.54, 1.807) is 0 Å². The van der Waals surface area contributed by atoms with Gasteiger partial charge in [0.25, 0.3) is 0 Å². The molecule has 0 saturated carbocycles. The quantitative estimate of drug-likeness (QED) is 0.176. The zero-order chi connectivity index (χ0) is 39.2. The molecular weight excluding hydrogens is 719 g/mol. The Hall–Kier alpha value is -7.63. The molecule has 3 aromatic heterocycles. The molecule has 0 N–H and O–H groups in total. The molecule has 11 aromatic rings. The van der Waals surface area contributed by atoms with Crippen LogP contribution in [0.4, 0.5) is 0 Å². The van der Waals surface area contributed by atoms with Crippen LogP contribution in [0.2, 0.25) is 0 Å². The molecule has 0 radical (unpaired) electrons. The van der Waals surface area contributed by atoms with Crippen LogP contribution in [-0.2, 0) is 5.41 Å². The van der Waals surface area contributed by atoms with Gasteiger partial charge in [-0.3, -0.25) is 0 Å². The largest absolute Gasteiger partial charge is 0.307 e. The number of hydrogen-bond acceptors (Lipinski definition) is 3. The van der Waals surface area contributed by atoms with Gasteiger partial charge in [-0.1, -0.05) is 153 Å². The summed E-state index contributed by atoms with van der Waals surface area (Å²) in [4.78, 5) is 15.4. The van der Waals surface area contributed by atoms with Gasteiger partial charge in [-0.15, -0.1) is 0 Å². The molecule has 0 spiro atoms. The molecular formula is C54H37N5. The summed E-state index contributed by atoms with van der Waals surface area (Å²) >= 11 is 0. The van der Waals surface area contributed by atoms with Gasteiger partial charge in [-0.25, -0.2) is 15.0 Å². The minimum absolute atomic E-state index is 0.146. The van der Waals surface area contributed by atoms with E-state index in [2.05, 4.69) is 175 Å². The molecule has 5 heteroatoms. The molecule has 0 amide bonds. The third kappa shape index (κ3) is 5.01. The second-order valence-electron chi connectivity index (χ2n) is 16.0. The third-order valence-electron chi connectivity index (χ3n) is 12.4. The van der Waals surface area contributed by atoms with Gasteiger partial charge in [0.15, 0.2) is 17.5 Å². The highest BCUT2D eigenvalue weighted by Crippen LogP contribution is 2.51. The van der Waals surface area contributed by atoms with Crippen LogP contribution in [-0.4, -0.2) is 24.1 Å². The van der Waals surface area contributed by atoms with Crippen molar-refractivity contribution in [1.82, 2.24) is 24.1 Å². The number of benzene rings is 8. The molecule has 12 rings (SSSR count). The van der Waals surface area contributed by atoms with E-state index in [1.165, 1.54) is 49.3 Å². The summed E-state index contributed by atoms with van der Waals surface area (Å²) < 4.78 is 4.90. The van der Waals surface area contributed by atoms with Crippen molar-refractivity contribution in [2.75, 3.05) is 0 Å². The Balaban J connectivity index is 1.18. The van der Waals surface area contributed by atoms with E-state index in [0.29, 0.717) is 17.5 Å². The van der Waals surface area contributed by atoms with E-state index in [-0.39, 0.29) is 5.41 Å². The number of fused-ring (bicyclic) bond motifs is 9. The first kappa shape index (κ1) is 33.5. The van der Waals surface area contributed by atoms with Gasteiger partial charge in [-0.05, 0) is 70.8 Å². The zero-order valence-electron chi connectivity index (χ0n) is 32.6. The standard InChI is InChI=1S/C54H37N5/c1-54(2)43-25-13-9-21-37(43)41-32-42-40-24-12-16-28-47(40)59(49(42)33-44(41)54)48-30-29-36(31-50(48)58-45-26-14-10-22-38(45)39-23-11-15-27-46(39)58)53-56-51(34-17-5-3-6-18-34)55-52(57-53)35-19-7-4-8-20-35/h3-33H,1-2H3.